The summed E-state index contributed by atoms with van der Waals surface area (Å²) in [5, 5.41) is 0. The van der Waals surface area contributed by atoms with Gasteiger partial charge in [0.1, 0.15) is 5.52 Å². The molecule has 28 heavy (non-hydrogen) atoms. The number of imidazole rings is 1. The summed E-state index contributed by atoms with van der Waals surface area (Å²) in [6.45, 7) is 5.39. The summed E-state index contributed by atoms with van der Waals surface area (Å²) < 4.78 is 2.18. The Morgan fingerprint density at radius 2 is 2.04 bits per heavy atom. The highest BCUT2D eigenvalue weighted by atomic mass is 16.2. The first kappa shape index (κ1) is 18.6. The Morgan fingerprint density at radius 3 is 2.75 bits per heavy atom. The summed E-state index contributed by atoms with van der Waals surface area (Å²) in [7, 11) is 0. The molecule has 0 atom stereocenters. The first-order valence-electron chi connectivity index (χ1n) is 10.1. The Morgan fingerprint density at radius 1 is 1.21 bits per heavy atom. The van der Waals surface area contributed by atoms with Crippen LogP contribution in [0.4, 0.5) is 0 Å². The van der Waals surface area contributed by atoms with Gasteiger partial charge in [0.25, 0.3) is 5.91 Å². The standard InChI is InChI=1S/C22H27N5O/c1-16(2)13-26(14-18-7-5-6-10-23-18)22(28)17-11-20-21(24-12-17)27(15-25-20)19-8-3-4-9-19/h5-7,10-12,15-16,19H,3-4,8-9,13-14H2,1-2H3. The number of fused-ring (bicyclic) bond motifs is 1. The molecule has 6 nitrogen and oxygen atoms in total. The van der Waals surface area contributed by atoms with E-state index in [9.17, 15) is 4.79 Å². The van der Waals surface area contributed by atoms with E-state index in [0.717, 1.165) is 16.9 Å². The van der Waals surface area contributed by atoms with Crippen LogP contribution >= 0.6 is 0 Å². The fourth-order valence-corrected chi connectivity index (χ4v) is 4.02. The monoisotopic (exact) mass is 377 g/mol. The second-order valence-electron chi connectivity index (χ2n) is 8.06. The number of amides is 1. The fourth-order valence-electron chi connectivity index (χ4n) is 4.02. The van der Waals surface area contributed by atoms with Crippen LogP contribution in [-0.4, -0.2) is 36.9 Å². The molecule has 1 amide bonds. The molecule has 0 N–H and O–H groups in total. The van der Waals surface area contributed by atoms with Gasteiger partial charge in [-0.15, -0.1) is 0 Å². The van der Waals surface area contributed by atoms with Gasteiger partial charge in [-0.05, 0) is 37.0 Å². The summed E-state index contributed by atoms with van der Waals surface area (Å²) in [5.41, 5.74) is 3.14. The zero-order valence-corrected chi connectivity index (χ0v) is 16.6. The van der Waals surface area contributed by atoms with Crippen molar-refractivity contribution in [3.05, 3.63) is 54.2 Å². The van der Waals surface area contributed by atoms with E-state index in [1.807, 2.05) is 35.5 Å². The maximum atomic E-state index is 13.2. The van der Waals surface area contributed by atoms with Gasteiger partial charge in [-0.2, -0.15) is 0 Å². The van der Waals surface area contributed by atoms with Crippen molar-refractivity contribution in [1.82, 2.24) is 24.4 Å². The largest absolute Gasteiger partial charge is 0.332 e. The summed E-state index contributed by atoms with van der Waals surface area (Å²) in [5.74, 6) is 0.343. The van der Waals surface area contributed by atoms with Crippen LogP contribution in [0.25, 0.3) is 11.2 Å². The first-order chi connectivity index (χ1) is 13.6. The molecule has 1 aliphatic carbocycles. The predicted octanol–water partition coefficient (Wildman–Crippen LogP) is 4.24. The number of hydrogen-bond donors (Lipinski definition) is 0. The van der Waals surface area contributed by atoms with Crippen LogP contribution in [0.5, 0.6) is 0 Å². The number of hydrogen-bond acceptors (Lipinski definition) is 4. The van der Waals surface area contributed by atoms with Crippen LogP contribution in [-0.2, 0) is 6.54 Å². The van der Waals surface area contributed by atoms with Crippen LogP contribution in [0.15, 0.2) is 43.0 Å². The minimum Gasteiger partial charge on any atom is -0.332 e. The molecule has 0 aliphatic heterocycles. The number of rotatable bonds is 6. The molecule has 3 aromatic rings. The van der Waals surface area contributed by atoms with Gasteiger partial charge in [0, 0.05) is 25.0 Å². The molecule has 146 valence electrons. The smallest absolute Gasteiger partial charge is 0.255 e. The molecule has 1 saturated carbocycles. The second-order valence-corrected chi connectivity index (χ2v) is 8.06. The molecule has 3 heterocycles. The molecule has 0 spiro atoms. The lowest BCUT2D eigenvalue weighted by molar-refractivity contribution is 0.0720. The van der Waals surface area contributed by atoms with Crippen LogP contribution in [0.2, 0.25) is 0 Å². The zero-order chi connectivity index (χ0) is 19.5. The van der Waals surface area contributed by atoms with Gasteiger partial charge in [0.15, 0.2) is 5.65 Å². The van der Waals surface area contributed by atoms with E-state index in [2.05, 4.69) is 33.4 Å². The van der Waals surface area contributed by atoms with Crippen LogP contribution in [0.3, 0.4) is 0 Å². The lowest BCUT2D eigenvalue weighted by Crippen LogP contribution is -2.34. The van der Waals surface area contributed by atoms with Gasteiger partial charge in [0.2, 0.25) is 0 Å². The van der Waals surface area contributed by atoms with Crippen LogP contribution < -0.4 is 0 Å². The summed E-state index contributed by atoms with van der Waals surface area (Å²) in [6.07, 6.45) is 10.2. The number of aromatic nitrogens is 4. The Hall–Kier alpha value is -2.76. The topological polar surface area (TPSA) is 63.9 Å². The van der Waals surface area contributed by atoms with E-state index in [4.69, 9.17) is 0 Å². The highest BCUT2D eigenvalue weighted by Crippen LogP contribution is 2.31. The molecule has 0 bridgehead atoms. The van der Waals surface area contributed by atoms with E-state index in [1.54, 1.807) is 12.4 Å². The molecule has 1 fully saturated rings. The molecule has 0 radical (unpaired) electrons. The number of carbonyl (C=O) groups is 1. The Kier molecular flexibility index (Phi) is 5.37. The minimum absolute atomic E-state index is 0.0239. The average molecular weight is 377 g/mol. The highest BCUT2D eigenvalue weighted by Gasteiger charge is 2.22. The molecular formula is C22H27N5O. The van der Waals surface area contributed by atoms with Crippen molar-refractivity contribution in [2.75, 3.05) is 6.54 Å². The average Bonchev–Trinajstić information content (AvgIpc) is 3.36. The Balaban J connectivity index is 1.59. The molecule has 1 aliphatic rings. The summed E-state index contributed by atoms with van der Waals surface area (Å²) in [4.78, 5) is 28.6. The second kappa shape index (κ2) is 8.09. The van der Waals surface area contributed by atoms with E-state index < -0.39 is 0 Å². The molecule has 0 saturated heterocycles. The minimum atomic E-state index is -0.0239. The molecule has 6 heteroatoms. The van der Waals surface area contributed by atoms with Crippen LogP contribution in [0.1, 0.15) is 61.6 Å². The van der Waals surface area contributed by atoms with Gasteiger partial charge in [-0.25, -0.2) is 9.97 Å². The maximum Gasteiger partial charge on any atom is 0.255 e. The van der Waals surface area contributed by atoms with Crippen molar-refractivity contribution in [2.45, 2.75) is 52.1 Å². The van der Waals surface area contributed by atoms with E-state index in [-0.39, 0.29) is 5.91 Å². The van der Waals surface area contributed by atoms with Gasteiger partial charge >= 0.3 is 0 Å². The predicted molar refractivity (Wildman–Crippen MR) is 109 cm³/mol. The van der Waals surface area contributed by atoms with Crippen molar-refractivity contribution in [3.63, 3.8) is 0 Å². The lowest BCUT2D eigenvalue weighted by atomic mass is 10.1. The Labute approximate surface area is 165 Å². The van der Waals surface area contributed by atoms with Gasteiger partial charge in [0.05, 0.1) is 24.1 Å². The normalized spacial score (nSPS) is 14.8. The van der Waals surface area contributed by atoms with Crippen LogP contribution in [0, 0.1) is 5.92 Å². The van der Waals surface area contributed by atoms with Crippen molar-refractivity contribution < 1.29 is 4.79 Å². The van der Waals surface area contributed by atoms with Gasteiger partial charge in [-0.1, -0.05) is 32.8 Å². The Bertz CT molecular complexity index is 944. The third-order valence-electron chi connectivity index (χ3n) is 5.33. The molecule has 0 unspecified atom stereocenters. The van der Waals surface area contributed by atoms with E-state index in [1.165, 1.54) is 25.7 Å². The molecular weight excluding hydrogens is 350 g/mol. The molecule has 3 aromatic heterocycles. The lowest BCUT2D eigenvalue weighted by Gasteiger charge is -2.24. The number of carbonyl (C=O) groups excluding carboxylic acids is 1. The van der Waals surface area contributed by atoms with Crippen molar-refractivity contribution in [1.29, 1.82) is 0 Å². The highest BCUT2D eigenvalue weighted by molar-refractivity contribution is 5.96. The summed E-state index contributed by atoms with van der Waals surface area (Å²) in [6, 6.07) is 8.15. The first-order valence-corrected chi connectivity index (χ1v) is 10.1. The third-order valence-corrected chi connectivity index (χ3v) is 5.33. The maximum absolute atomic E-state index is 13.2. The van der Waals surface area contributed by atoms with E-state index in [0.29, 0.717) is 30.6 Å². The summed E-state index contributed by atoms with van der Waals surface area (Å²) >= 11 is 0. The van der Waals surface area contributed by atoms with E-state index >= 15 is 0 Å². The van der Waals surface area contributed by atoms with Gasteiger partial charge < -0.3 is 9.47 Å². The SMILES string of the molecule is CC(C)CN(Cc1ccccn1)C(=O)c1cnc2c(c1)ncn2C1CCCC1. The van der Waals surface area contributed by atoms with Gasteiger partial charge in [-0.3, -0.25) is 9.78 Å². The fraction of sp³-hybridized carbons (Fsp3) is 0.455. The zero-order valence-electron chi connectivity index (χ0n) is 16.6. The van der Waals surface area contributed by atoms with Crippen molar-refractivity contribution in [3.8, 4) is 0 Å². The third kappa shape index (κ3) is 3.91. The molecule has 4 rings (SSSR count). The quantitative estimate of drug-likeness (QED) is 0.644. The number of nitrogens with zero attached hydrogens (tertiary/aromatic N) is 5. The molecule has 0 aromatic carbocycles. The number of pyridine rings is 2. The van der Waals surface area contributed by atoms with Crippen molar-refractivity contribution >= 4 is 17.1 Å². The van der Waals surface area contributed by atoms with Crippen molar-refractivity contribution in [2.24, 2.45) is 5.92 Å².